The van der Waals surface area contributed by atoms with Crippen LogP contribution in [0.5, 0.6) is 0 Å². The largest absolute Gasteiger partial charge is 0.383 e. The van der Waals surface area contributed by atoms with Gasteiger partial charge in [-0.2, -0.15) is 0 Å². The Labute approximate surface area is 138 Å². The highest BCUT2D eigenvalue weighted by Crippen LogP contribution is 2.37. The molecule has 2 aromatic rings. The van der Waals surface area contributed by atoms with Crippen LogP contribution in [0, 0.1) is 17.4 Å². The van der Waals surface area contributed by atoms with Gasteiger partial charge in [0.05, 0.1) is 9.26 Å². The van der Waals surface area contributed by atoms with Gasteiger partial charge >= 0.3 is 0 Å². The van der Waals surface area contributed by atoms with E-state index in [4.69, 9.17) is 10.7 Å². The normalized spacial score (nSPS) is 15.6. The SMILES string of the molecule is Cc1cnc(-c2nc(N)c(I)c(C3CCCC3)n2)c(C)c1. The average molecular weight is 394 g/mol. The van der Waals surface area contributed by atoms with Gasteiger partial charge in [0.15, 0.2) is 5.82 Å². The molecule has 2 N–H and O–H groups in total. The summed E-state index contributed by atoms with van der Waals surface area (Å²) in [5, 5.41) is 0. The van der Waals surface area contributed by atoms with Gasteiger partial charge in [0.2, 0.25) is 0 Å². The number of hydrogen-bond acceptors (Lipinski definition) is 4. The van der Waals surface area contributed by atoms with E-state index in [9.17, 15) is 0 Å². The maximum absolute atomic E-state index is 6.12. The molecule has 21 heavy (non-hydrogen) atoms. The molecule has 1 saturated carbocycles. The lowest BCUT2D eigenvalue weighted by Gasteiger charge is -2.14. The number of aryl methyl sites for hydroxylation is 2. The number of aromatic nitrogens is 3. The van der Waals surface area contributed by atoms with Gasteiger partial charge < -0.3 is 5.73 Å². The van der Waals surface area contributed by atoms with E-state index in [0.29, 0.717) is 17.6 Å². The maximum atomic E-state index is 6.12. The lowest BCUT2D eigenvalue weighted by atomic mass is 10.0. The monoisotopic (exact) mass is 394 g/mol. The number of pyridine rings is 1. The lowest BCUT2D eigenvalue weighted by Crippen LogP contribution is -2.09. The van der Waals surface area contributed by atoms with Crippen LogP contribution in [0.4, 0.5) is 5.82 Å². The number of rotatable bonds is 2. The molecule has 0 saturated heterocycles. The molecule has 0 radical (unpaired) electrons. The summed E-state index contributed by atoms with van der Waals surface area (Å²) in [5.41, 5.74) is 10.3. The Kier molecular flexibility index (Phi) is 4.10. The van der Waals surface area contributed by atoms with Crippen LogP contribution in [-0.4, -0.2) is 15.0 Å². The molecule has 1 aliphatic carbocycles. The van der Waals surface area contributed by atoms with Crippen molar-refractivity contribution >= 4 is 28.4 Å². The lowest BCUT2D eigenvalue weighted by molar-refractivity contribution is 0.690. The van der Waals surface area contributed by atoms with Crippen LogP contribution < -0.4 is 5.73 Å². The Morgan fingerprint density at radius 3 is 2.57 bits per heavy atom. The van der Waals surface area contributed by atoms with Crippen LogP contribution in [-0.2, 0) is 0 Å². The first-order valence-electron chi connectivity index (χ1n) is 7.33. The molecular formula is C16H19IN4. The zero-order valence-electron chi connectivity index (χ0n) is 12.4. The molecule has 0 unspecified atom stereocenters. The topological polar surface area (TPSA) is 64.7 Å². The van der Waals surface area contributed by atoms with Gasteiger partial charge in [-0.1, -0.05) is 18.9 Å². The second-order valence-electron chi connectivity index (χ2n) is 5.79. The van der Waals surface area contributed by atoms with Gasteiger partial charge in [-0.15, -0.1) is 0 Å². The van der Waals surface area contributed by atoms with Crippen molar-refractivity contribution in [2.75, 3.05) is 5.73 Å². The summed E-state index contributed by atoms with van der Waals surface area (Å²) in [6.07, 6.45) is 6.82. The Bertz CT molecular complexity index is 678. The minimum atomic E-state index is 0.520. The first-order chi connectivity index (χ1) is 10.1. The van der Waals surface area contributed by atoms with E-state index in [1.807, 2.05) is 20.0 Å². The minimum Gasteiger partial charge on any atom is -0.383 e. The molecule has 0 aromatic carbocycles. The summed E-state index contributed by atoms with van der Waals surface area (Å²) in [6, 6.07) is 2.11. The van der Waals surface area contributed by atoms with Gasteiger partial charge in [-0.25, -0.2) is 9.97 Å². The summed E-state index contributed by atoms with van der Waals surface area (Å²) in [5.74, 6) is 1.75. The predicted molar refractivity (Wildman–Crippen MR) is 93.1 cm³/mol. The molecule has 5 heteroatoms. The highest BCUT2D eigenvalue weighted by atomic mass is 127. The molecule has 1 fully saturated rings. The molecule has 3 rings (SSSR count). The number of nitrogens with zero attached hydrogens (tertiary/aromatic N) is 3. The molecule has 4 nitrogen and oxygen atoms in total. The molecule has 0 spiro atoms. The summed E-state index contributed by atoms with van der Waals surface area (Å²) in [6.45, 7) is 4.08. The van der Waals surface area contributed by atoms with Crippen molar-refractivity contribution < 1.29 is 0 Å². The molecule has 0 amide bonds. The molecule has 1 aliphatic rings. The van der Waals surface area contributed by atoms with Gasteiger partial charge in [0.1, 0.15) is 11.5 Å². The third-order valence-corrected chi connectivity index (χ3v) is 5.18. The van der Waals surface area contributed by atoms with E-state index in [2.05, 4.69) is 38.6 Å². The summed E-state index contributed by atoms with van der Waals surface area (Å²) >= 11 is 2.27. The van der Waals surface area contributed by atoms with Crippen molar-refractivity contribution in [3.8, 4) is 11.5 Å². The van der Waals surface area contributed by atoms with Crippen LogP contribution in [0.15, 0.2) is 12.3 Å². The molecule has 2 heterocycles. The first kappa shape index (κ1) is 14.7. The Balaban J connectivity index is 2.10. The minimum absolute atomic E-state index is 0.520. The van der Waals surface area contributed by atoms with Crippen LogP contribution >= 0.6 is 22.6 Å². The first-order valence-corrected chi connectivity index (χ1v) is 8.40. The van der Waals surface area contributed by atoms with Crippen molar-refractivity contribution in [1.29, 1.82) is 0 Å². The summed E-state index contributed by atoms with van der Waals surface area (Å²) < 4.78 is 1.01. The molecule has 0 bridgehead atoms. The summed E-state index contributed by atoms with van der Waals surface area (Å²) in [4.78, 5) is 13.8. The van der Waals surface area contributed by atoms with Crippen molar-refractivity contribution in [2.24, 2.45) is 0 Å². The smallest absolute Gasteiger partial charge is 0.180 e. The van der Waals surface area contributed by atoms with E-state index >= 15 is 0 Å². The second kappa shape index (κ2) is 5.87. The number of nitrogen functional groups attached to an aromatic ring is 1. The van der Waals surface area contributed by atoms with Crippen molar-refractivity contribution in [3.63, 3.8) is 0 Å². The molecule has 2 aromatic heterocycles. The zero-order valence-corrected chi connectivity index (χ0v) is 14.5. The van der Waals surface area contributed by atoms with Crippen LogP contribution in [0.3, 0.4) is 0 Å². The molecule has 110 valence electrons. The van der Waals surface area contributed by atoms with E-state index in [0.717, 1.165) is 26.1 Å². The van der Waals surface area contributed by atoms with Crippen molar-refractivity contribution in [1.82, 2.24) is 15.0 Å². The predicted octanol–water partition coefficient (Wildman–Crippen LogP) is 4.00. The average Bonchev–Trinajstić information content (AvgIpc) is 2.96. The Hall–Kier alpha value is -1.24. The fraction of sp³-hybridized carbons (Fsp3) is 0.438. The maximum Gasteiger partial charge on any atom is 0.180 e. The van der Waals surface area contributed by atoms with Crippen LogP contribution in [0.2, 0.25) is 0 Å². The van der Waals surface area contributed by atoms with E-state index in [-0.39, 0.29) is 0 Å². The Morgan fingerprint density at radius 1 is 1.19 bits per heavy atom. The molecular weight excluding hydrogens is 375 g/mol. The molecule has 0 atom stereocenters. The van der Waals surface area contributed by atoms with Crippen molar-refractivity contribution in [2.45, 2.75) is 45.4 Å². The van der Waals surface area contributed by atoms with Crippen molar-refractivity contribution in [3.05, 3.63) is 32.7 Å². The van der Waals surface area contributed by atoms with Gasteiger partial charge in [-0.05, 0) is 60.4 Å². The van der Waals surface area contributed by atoms with E-state index in [1.165, 1.54) is 25.7 Å². The van der Waals surface area contributed by atoms with Gasteiger partial charge in [0.25, 0.3) is 0 Å². The number of halogens is 1. The number of anilines is 1. The third-order valence-electron chi connectivity index (χ3n) is 4.07. The zero-order chi connectivity index (χ0) is 15.0. The van der Waals surface area contributed by atoms with Crippen LogP contribution in [0.25, 0.3) is 11.5 Å². The Morgan fingerprint density at radius 2 is 1.90 bits per heavy atom. The van der Waals surface area contributed by atoms with E-state index < -0.39 is 0 Å². The standard InChI is InChI=1S/C16H19IN4/c1-9-7-10(2)13(19-8-9)16-20-14(11-5-3-4-6-11)12(17)15(18)21-16/h7-8,11H,3-6H2,1-2H3,(H2,18,20,21). The third kappa shape index (κ3) is 2.88. The second-order valence-corrected chi connectivity index (χ2v) is 6.87. The summed E-state index contributed by atoms with van der Waals surface area (Å²) in [7, 11) is 0. The quantitative estimate of drug-likeness (QED) is 0.783. The van der Waals surface area contributed by atoms with Gasteiger partial charge in [0, 0.05) is 12.1 Å². The highest BCUT2D eigenvalue weighted by Gasteiger charge is 2.24. The fourth-order valence-electron chi connectivity index (χ4n) is 3.01. The van der Waals surface area contributed by atoms with Crippen LogP contribution in [0.1, 0.15) is 48.4 Å². The number of hydrogen-bond donors (Lipinski definition) is 1. The van der Waals surface area contributed by atoms with E-state index in [1.54, 1.807) is 0 Å². The van der Waals surface area contributed by atoms with Gasteiger partial charge in [-0.3, -0.25) is 4.98 Å². The molecule has 0 aliphatic heterocycles. The highest BCUT2D eigenvalue weighted by molar-refractivity contribution is 14.1. The fourth-order valence-corrected chi connectivity index (χ4v) is 3.69. The number of nitrogens with two attached hydrogens (primary N) is 1.